The Morgan fingerprint density at radius 2 is 1.67 bits per heavy atom. The van der Waals surface area contributed by atoms with Crippen LogP contribution in [0, 0.1) is 6.92 Å². The third kappa shape index (κ3) is 2.88. The van der Waals surface area contributed by atoms with Crippen LogP contribution < -0.4 is 10.2 Å². The van der Waals surface area contributed by atoms with Gasteiger partial charge < -0.3 is 0 Å². The fourth-order valence-corrected chi connectivity index (χ4v) is 2.84. The lowest BCUT2D eigenvalue weighted by molar-refractivity contribution is -0.122. The number of halogens is 1. The number of anilines is 1. The average Bonchev–Trinajstić information content (AvgIpc) is 2.54. The van der Waals surface area contributed by atoms with Gasteiger partial charge in [0.1, 0.15) is 5.57 Å². The van der Waals surface area contributed by atoms with Gasteiger partial charge in [0.15, 0.2) is 0 Å². The number of carbonyl (C=O) groups excluding carboxylic acids is 3. The summed E-state index contributed by atoms with van der Waals surface area (Å²) in [7, 11) is 0. The molecular weight excluding hydrogens is 372 g/mol. The smallest absolute Gasteiger partial charge is 0.273 e. The van der Waals surface area contributed by atoms with Crippen LogP contribution >= 0.6 is 15.9 Å². The molecule has 0 saturated carbocycles. The quantitative estimate of drug-likeness (QED) is 0.637. The molecule has 1 aliphatic rings. The van der Waals surface area contributed by atoms with Crippen molar-refractivity contribution in [2.24, 2.45) is 0 Å². The number of aryl methyl sites for hydroxylation is 1. The zero-order valence-corrected chi connectivity index (χ0v) is 14.3. The van der Waals surface area contributed by atoms with Gasteiger partial charge >= 0.3 is 6.03 Å². The van der Waals surface area contributed by atoms with Crippen molar-refractivity contribution >= 4 is 45.5 Å². The summed E-state index contributed by atoms with van der Waals surface area (Å²) in [5, 5.41) is 2.22. The Kier molecular flexibility index (Phi) is 4.31. The number of amides is 4. The topological polar surface area (TPSA) is 66.5 Å². The normalized spacial score (nSPS) is 16.5. The number of imide groups is 2. The Balaban J connectivity index is 2.07. The maximum absolute atomic E-state index is 12.8. The van der Waals surface area contributed by atoms with Gasteiger partial charge in [0.05, 0.1) is 5.69 Å². The van der Waals surface area contributed by atoms with E-state index in [9.17, 15) is 14.4 Å². The van der Waals surface area contributed by atoms with Gasteiger partial charge in [-0.2, -0.15) is 0 Å². The number of hydrogen-bond acceptors (Lipinski definition) is 3. The van der Waals surface area contributed by atoms with Crippen LogP contribution in [0.25, 0.3) is 6.08 Å². The molecule has 2 aromatic carbocycles. The molecule has 1 fully saturated rings. The molecule has 6 heteroatoms. The average molecular weight is 385 g/mol. The van der Waals surface area contributed by atoms with Crippen LogP contribution in [0.2, 0.25) is 0 Å². The van der Waals surface area contributed by atoms with E-state index in [0.29, 0.717) is 11.3 Å². The molecule has 4 amide bonds. The Labute approximate surface area is 147 Å². The van der Waals surface area contributed by atoms with Crippen molar-refractivity contribution in [3.05, 3.63) is 69.7 Å². The SMILES string of the molecule is Cc1ccccc1N1C(=O)NC(=O)/C(=C\c2ccccc2Br)C1=O. The predicted octanol–water partition coefficient (Wildman–Crippen LogP) is 3.42. The molecule has 0 radical (unpaired) electrons. The number of nitrogens with one attached hydrogen (secondary N) is 1. The molecule has 3 rings (SSSR count). The van der Waals surface area contributed by atoms with Gasteiger partial charge in [0.25, 0.3) is 11.8 Å². The second kappa shape index (κ2) is 6.41. The fourth-order valence-electron chi connectivity index (χ4n) is 2.44. The van der Waals surface area contributed by atoms with Gasteiger partial charge in [0, 0.05) is 4.47 Å². The summed E-state index contributed by atoms with van der Waals surface area (Å²) in [6, 6.07) is 13.5. The van der Waals surface area contributed by atoms with E-state index in [1.54, 1.807) is 37.3 Å². The summed E-state index contributed by atoms with van der Waals surface area (Å²) < 4.78 is 0.748. The molecule has 24 heavy (non-hydrogen) atoms. The maximum Gasteiger partial charge on any atom is 0.335 e. The second-order valence-corrected chi connectivity index (χ2v) is 6.12. The van der Waals surface area contributed by atoms with Crippen molar-refractivity contribution in [1.29, 1.82) is 0 Å². The molecule has 0 atom stereocenters. The number of barbiturate groups is 1. The van der Waals surface area contributed by atoms with Crippen LogP contribution in [-0.4, -0.2) is 17.8 Å². The van der Waals surface area contributed by atoms with E-state index in [0.717, 1.165) is 14.9 Å². The van der Waals surface area contributed by atoms with Crippen molar-refractivity contribution in [3.63, 3.8) is 0 Å². The number of carbonyl (C=O) groups is 3. The first-order valence-electron chi connectivity index (χ1n) is 7.20. The van der Waals surface area contributed by atoms with Crippen molar-refractivity contribution in [2.45, 2.75) is 6.92 Å². The molecule has 1 saturated heterocycles. The minimum Gasteiger partial charge on any atom is -0.273 e. The van der Waals surface area contributed by atoms with E-state index < -0.39 is 17.8 Å². The monoisotopic (exact) mass is 384 g/mol. The lowest BCUT2D eigenvalue weighted by Crippen LogP contribution is -2.54. The van der Waals surface area contributed by atoms with Gasteiger partial charge in [-0.1, -0.05) is 52.3 Å². The molecule has 5 nitrogen and oxygen atoms in total. The molecule has 0 aromatic heterocycles. The zero-order valence-electron chi connectivity index (χ0n) is 12.7. The highest BCUT2D eigenvalue weighted by atomic mass is 79.9. The van der Waals surface area contributed by atoms with Crippen LogP contribution in [0.15, 0.2) is 58.6 Å². The minimum absolute atomic E-state index is 0.0928. The summed E-state index contributed by atoms with van der Waals surface area (Å²) in [5.74, 6) is -1.35. The Morgan fingerprint density at radius 1 is 1.00 bits per heavy atom. The van der Waals surface area contributed by atoms with Gasteiger partial charge in [0.2, 0.25) is 0 Å². The van der Waals surface area contributed by atoms with Crippen LogP contribution in [0.1, 0.15) is 11.1 Å². The summed E-state index contributed by atoms with van der Waals surface area (Å²) in [4.78, 5) is 38.1. The van der Waals surface area contributed by atoms with Crippen molar-refractivity contribution in [1.82, 2.24) is 5.32 Å². The summed E-state index contributed by atoms with van der Waals surface area (Å²) in [5.41, 5.74) is 1.79. The molecular formula is C18H13BrN2O3. The van der Waals surface area contributed by atoms with E-state index >= 15 is 0 Å². The highest BCUT2D eigenvalue weighted by molar-refractivity contribution is 9.10. The molecule has 0 unspecified atom stereocenters. The highest BCUT2D eigenvalue weighted by Crippen LogP contribution is 2.26. The molecule has 2 aromatic rings. The number of hydrogen-bond donors (Lipinski definition) is 1. The van der Waals surface area contributed by atoms with Crippen molar-refractivity contribution in [2.75, 3.05) is 4.90 Å². The van der Waals surface area contributed by atoms with E-state index in [1.165, 1.54) is 6.08 Å². The second-order valence-electron chi connectivity index (χ2n) is 5.27. The fraction of sp³-hybridized carbons (Fsp3) is 0.0556. The molecule has 1 heterocycles. The molecule has 1 N–H and O–H groups in total. The van der Waals surface area contributed by atoms with Gasteiger partial charge in [-0.15, -0.1) is 0 Å². The van der Waals surface area contributed by atoms with Crippen LogP contribution in [-0.2, 0) is 9.59 Å². The summed E-state index contributed by atoms with van der Waals surface area (Å²) >= 11 is 3.38. The van der Waals surface area contributed by atoms with Gasteiger partial charge in [-0.3, -0.25) is 14.9 Å². The number of benzene rings is 2. The van der Waals surface area contributed by atoms with Gasteiger partial charge in [-0.25, -0.2) is 9.69 Å². The first kappa shape index (κ1) is 16.1. The number of urea groups is 1. The maximum atomic E-state index is 12.8. The van der Waals surface area contributed by atoms with E-state index in [2.05, 4.69) is 21.2 Å². The standard InChI is InChI=1S/C18H13BrN2O3/c1-11-6-2-5-9-15(11)21-17(23)13(16(22)20-18(21)24)10-12-7-3-4-8-14(12)19/h2-10H,1H3,(H,20,22,24)/b13-10+. The predicted molar refractivity (Wildman–Crippen MR) is 94.3 cm³/mol. The summed E-state index contributed by atoms with van der Waals surface area (Å²) in [6.07, 6.45) is 1.47. The lowest BCUT2D eigenvalue weighted by Gasteiger charge is -2.27. The van der Waals surface area contributed by atoms with E-state index in [1.807, 2.05) is 18.2 Å². The van der Waals surface area contributed by atoms with Gasteiger partial charge in [-0.05, 0) is 36.3 Å². The van der Waals surface area contributed by atoms with Crippen molar-refractivity contribution < 1.29 is 14.4 Å². The first-order chi connectivity index (χ1) is 11.5. The Morgan fingerprint density at radius 3 is 2.38 bits per heavy atom. The highest BCUT2D eigenvalue weighted by Gasteiger charge is 2.37. The van der Waals surface area contributed by atoms with E-state index in [-0.39, 0.29) is 5.57 Å². The van der Waals surface area contributed by atoms with Crippen LogP contribution in [0.5, 0.6) is 0 Å². The zero-order chi connectivity index (χ0) is 17.3. The third-order valence-corrected chi connectivity index (χ3v) is 4.39. The van der Waals surface area contributed by atoms with Crippen LogP contribution in [0.3, 0.4) is 0 Å². The number of nitrogens with zero attached hydrogens (tertiary/aromatic N) is 1. The molecule has 120 valence electrons. The minimum atomic E-state index is -0.747. The molecule has 1 aliphatic heterocycles. The largest absolute Gasteiger partial charge is 0.335 e. The Hall–Kier alpha value is -2.73. The third-order valence-electron chi connectivity index (χ3n) is 3.66. The summed E-state index contributed by atoms with van der Waals surface area (Å²) in [6.45, 7) is 1.80. The number of para-hydroxylation sites is 1. The van der Waals surface area contributed by atoms with Crippen molar-refractivity contribution in [3.8, 4) is 0 Å². The lowest BCUT2D eigenvalue weighted by atomic mass is 10.1. The molecule has 0 aliphatic carbocycles. The Bertz CT molecular complexity index is 889. The molecule has 0 bridgehead atoms. The molecule has 0 spiro atoms. The first-order valence-corrected chi connectivity index (χ1v) is 8.00. The van der Waals surface area contributed by atoms with E-state index in [4.69, 9.17) is 0 Å². The van der Waals surface area contributed by atoms with Crippen LogP contribution in [0.4, 0.5) is 10.5 Å². The number of rotatable bonds is 2.